The van der Waals surface area contributed by atoms with E-state index in [1.807, 2.05) is 12.1 Å². The van der Waals surface area contributed by atoms with Crippen molar-refractivity contribution in [1.29, 1.82) is 5.41 Å². The molecule has 6 N–H and O–H groups in total. The highest BCUT2D eigenvalue weighted by molar-refractivity contribution is 7.89. The molecule has 2 amide bonds. The summed E-state index contributed by atoms with van der Waals surface area (Å²) in [7, 11) is -4.03. The van der Waals surface area contributed by atoms with Crippen molar-refractivity contribution in [2.24, 2.45) is 5.73 Å². The SMILES string of the molecule is N=C(N)c1ccc(C[C@H](NC(=O)CNS(=O)(=O)c2ccc3ccccc3c2)C(=O)N2CCC[C@H]2C(=O)O)cc1. The Hall–Kier alpha value is -4.29. The van der Waals surface area contributed by atoms with Gasteiger partial charge >= 0.3 is 5.97 Å². The fraction of sp³-hybridized carbons (Fsp3) is 0.259. The van der Waals surface area contributed by atoms with Crippen molar-refractivity contribution >= 4 is 44.4 Å². The molecule has 11 nitrogen and oxygen atoms in total. The van der Waals surface area contributed by atoms with Gasteiger partial charge in [0.15, 0.2) is 0 Å². The minimum absolute atomic E-state index is 0.00597. The van der Waals surface area contributed by atoms with Gasteiger partial charge in [0.25, 0.3) is 0 Å². The Morgan fingerprint density at radius 3 is 2.41 bits per heavy atom. The molecule has 1 saturated heterocycles. The standard InChI is InChI=1S/C27H29N5O6S/c28-25(29)19-9-7-17(8-10-19)14-22(26(34)32-13-3-6-23(32)27(35)36)31-24(33)16-30-39(37,38)21-12-11-18-4-1-2-5-20(18)15-21/h1-2,4-5,7-12,15,22-23,30H,3,6,13-14,16H2,(H3,28,29)(H,31,33)(H,35,36)/t22-,23-/m0/s1. The number of likely N-dealkylation sites (tertiary alicyclic amines) is 1. The Labute approximate surface area is 225 Å². The van der Waals surface area contributed by atoms with E-state index in [0.717, 1.165) is 10.8 Å². The van der Waals surface area contributed by atoms with Crippen molar-refractivity contribution in [3.63, 3.8) is 0 Å². The molecule has 1 fully saturated rings. The maximum atomic E-state index is 13.4. The summed E-state index contributed by atoms with van der Waals surface area (Å²) in [6, 6.07) is 16.3. The average Bonchev–Trinajstić information content (AvgIpc) is 3.42. The molecular weight excluding hydrogens is 522 g/mol. The number of aliphatic carboxylic acids is 1. The number of nitrogens with one attached hydrogen (secondary N) is 3. The fourth-order valence-electron chi connectivity index (χ4n) is 4.57. The Kier molecular flexibility index (Phi) is 8.27. The first-order chi connectivity index (χ1) is 18.5. The fourth-order valence-corrected chi connectivity index (χ4v) is 5.58. The number of fused-ring (bicyclic) bond motifs is 1. The molecule has 12 heteroatoms. The smallest absolute Gasteiger partial charge is 0.326 e. The minimum atomic E-state index is -4.03. The van der Waals surface area contributed by atoms with E-state index < -0.39 is 46.4 Å². The van der Waals surface area contributed by atoms with Crippen LogP contribution in [-0.4, -0.2) is 67.2 Å². The van der Waals surface area contributed by atoms with Crippen molar-refractivity contribution in [1.82, 2.24) is 14.9 Å². The van der Waals surface area contributed by atoms with E-state index in [9.17, 15) is 27.9 Å². The molecule has 0 saturated carbocycles. The Morgan fingerprint density at radius 2 is 1.74 bits per heavy atom. The molecule has 1 aliphatic heterocycles. The minimum Gasteiger partial charge on any atom is -0.480 e. The molecule has 0 spiro atoms. The van der Waals surface area contributed by atoms with E-state index in [1.54, 1.807) is 42.5 Å². The van der Waals surface area contributed by atoms with E-state index in [4.69, 9.17) is 11.1 Å². The van der Waals surface area contributed by atoms with E-state index in [2.05, 4.69) is 10.0 Å². The predicted molar refractivity (Wildman–Crippen MR) is 145 cm³/mol. The molecule has 3 aromatic rings. The van der Waals surface area contributed by atoms with Gasteiger partial charge in [-0.1, -0.05) is 54.6 Å². The lowest BCUT2D eigenvalue weighted by molar-refractivity contribution is -0.149. The number of hydrogen-bond acceptors (Lipinski definition) is 6. The van der Waals surface area contributed by atoms with Gasteiger partial charge in [-0.3, -0.25) is 15.0 Å². The van der Waals surface area contributed by atoms with Crippen LogP contribution in [0.25, 0.3) is 10.8 Å². The first kappa shape index (κ1) is 27.7. The largest absolute Gasteiger partial charge is 0.480 e. The number of nitrogen functional groups attached to an aromatic ring is 1. The zero-order valence-corrected chi connectivity index (χ0v) is 21.8. The van der Waals surface area contributed by atoms with Gasteiger partial charge < -0.3 is 21.1 Å². The van der Waals surface area contributed by atoms with Crippen molar-refractivity contribution in [3.05, 3.63) is 77.9 Å². The van der Waals surface area contributed by atoms with Crippen molar-refractivity contribution in [2.45, 2.75) is 36.2 Å². The van der Waals surface area contributed by atoms with Crippen molar-refractivity contribution in [3.8, 4) is 0 Å². The van der Waals surface area contributed by atoms with Gasteiger partial charge in [0.05, 0.1) is 11.4 Å². The molecule has 2 atom stereocenters. The second-order valence-electron chi connectivity index (χ2n) is 9.30. The summed E-state index contributed by atoms with van der Waals surface area (Å²) in [6.45, 7) is -0.384. The maximum Gasteiger partial charge on any atom is 0.326 e. The third-order valence-corrected chi connectivity index (χ3v) is 8.01. The van der Waals surface area contributed by atoms with Crippen LogP contribution in [0.15, 0.2) is 71.6 Å². The zero-order valence-electron chi connectivity index (χ0n) is 21.0. The molecule has 4 rings (SSSR count). The predicted octanol–water partition coefficient (Wildman–Crippen LogP) is 1.21. The molecule has 39 heavy (non-hydrogen) atoms. The molecule has 0 bridgehead atoms. The number of nitrogens with two attached hydrogens (primary N) is 1. The first-order valence-corrected chi connectivity index (χ1v) is 13.8. The van der Waals surface area contributed by atoms with Crippen LogP contribution >= 0.6 is 0 Å². The number of carboxylic acid groups (broad SMARTS) is 1. The second-order valence-corrected chi connectivity index (χ2v) is 11.1. The van der Waals surface area contributed by atoms with Crippen LogP contribution in [0.2, 0.25) is 0 Å². The highest BCUT2D eigenvalue weighted by Crippen LogP contribution is 2.21. The molecule has 0 radical (unpaired) electrons. The van der Waals surface area contributed by atoms with Crippen LogP contribution in [0.3, 0.4) is 0 Å². The summed E-state index contributed by atoms with van der Waals surface area (Å²) < 4.78 is 28.0. The maximum absolute atomic E-state index is 13.4. The van der Waals surface area contributed by atoms with Crippen molar-refractivity contribution in [2.75, 3.05) is 13.1 Å². The first-order valence-electron chi connectivity index (χ1n) is 12.3. The summed E-state index contributed by atoms with van der Waals surface area (Å²) in [5, 5.41) is 21.2. The van der Waals surface area contributed by atoms with Gasteiger partial charge in [0, 0.05) is 18.5 Å². The Morgan fingerprint density at radius 1 is 1.05 bits per heavy atom. The number of rotatable bonds is 10. The van der Waals surface area contributed by atoms with Gasteiger partial charge in [0.2, 0.25) is 21.8 Å². The zero-order chi connectivity index (χ0) is 28.2. The average molecular weight is 552 g/mol. The number of nitrogens with zero attached hydrogens (tertiary/aromatic N) is 1. The molecule has 3 aromatic carbocycles. The summed E-state index contributed by atoms with van der Waals surface area (Å²) in [5.41, 5.74) is 6.62. The molecule has 204 valence electrons. The van der Waals surface area contributed by atoms with Crippen LogP contribution in [-0.2, 0) is 30.8 Å². The topological polar surface area (TPSA) is 183 Å². The molecule has 1 heterocycles. The molecule has 0 unspecified atom stereocenters. The van der Waals surface area contributed by atoms with Crippen LogP contribution in [0.4, 0.5) is 0 Å². The molecule has 1 aliphatic rings. The molecule has 0 aliphatic carbocycles. The van der Waals surface area contributed by atoms with Crippen molar-refractivity contribution < 1.29 is 27.9 Å². The van der Waals surface area contributed by atoms with E-state index >= 15 is 0 Å². The number of amidine groups is 1. The molecular formula is C27H29N5O6S. The lowest BCUT2D eigenvalue weighted by Gasteiger charge is -2.27. The number of amides is 2. The van der Waals surface area contributed by atoms with Gasteiger partial charge in [-0.25, -0.2) is 17.9 Å². The van der Waals surface area contributed by atoms with Crippen LogP contribution in [0.5, 0.6) is 0 Å². The Balaban J connectivity index is 1.49. The number of benzene rings is 3. The van der Waals surface area contributed by atoms with Crippen LogP contribution in [0, 0.1) is 5.41 Å². The lowest BCUT2D eigenvalue weighted by atomic mass is 10.0. The van der Waals surface area contributed by atoms with E-state index in [1.165, 1.54) is 17.0 Å². The quantitative estimate of drug-likeness (QED) is 0.185. The summed E-state index contributed by atoms with van der Waals surface area (Å²) in [5.74, 6) is -2.56. The normalized spacial score (nSPS) is 16.1. The van der Waals surface area contributed by atoms with Crippen LogP contribution in [0.1, 0.15) is 24.0 Å². The van der Waals surface area contributed by atoms with Crippen LogP contribution < -0.4 is 15.8 Å². The third kappa shape index (κ3) is 6.59. The monoisotopic (exact) mass is 551 g/mol. The number of carbonyl (C=O) groups is 3. The van der Waals surface area contributed by atoms with Gasteiger partial charge in [0.1, 0.15) is 17.9 Å². The number of sulfonamides is 1. The summed E-state index contributed by atoms with van der Waals surface area (Å²) in [4.78, 5) is 39.1. The van der Waals surface area contributed by atoms with Gasteiger partial charge in [-0.2, -0.15) is 0 Å². The van der Waals surface area contributed by atoms with Gasteiger partial charge in [-0.15, -0.1) is 0 Å². The third-order valence-electron chi connectivity index (χ3n) is 6.61. The lowest BCUT2D eigenvalue weighted by Crippen LogP contribution is -2.54. The number of carbonyl (C=O) groups excluding carboxylic acids is 2. The highest BCUT2D eigenvalue weighted by atomic mass is 32.2. The van der Waals surface area contributed by atoms with E-state index in [0.29, 0.717) is 24.0 Å². The Bertz CT molecular complexity index is 1520. The number of hydrogen-bond donors (Lipinski definition) is 5. The summed E-state index contributed by atoms with van der Waals surface area (Å²) in [6.07, 6.45) is 0.853. The molecule has 0 aromatic heterocycles. The second kappa shape index (κ2) is 11.6. The van der Waals surface area contributed by atoms with Gasteiger partial charge in [-0.05, 0) is 41.3 Å². The highest BCUT2D eigenvalue weighted by Gasteiger charge is 2.37. The summed E-state index contributed by atoms with van der Waals surface area (Å²) >= 11 is 0. The number of carboxylic acids is 1. The van der Waals surface area contributed by atoms with E-state index in [-0.39, 0.29) is 23.7 Å².